The van der Waals surface area contributed by atoms with Crippen LogP contribution in [0.1, 0.15) is 18.5 Å². The van der Waals surface area contributed by atoms with Gasteiger partial charge < -0.3 is 14.2 Å². The molecule has 2 aromatic heterocycles. The molecule has 5 heteroatoms. The number of nitrogens with zero attached hydrogens (tertiary/aromatic N) is 3. The van der Waals surface area contributed by atoms with Crippen LogP contribution in [-0.4, -0.2) is 19.8 Å². The smallest absolute Gasteiger partial charge is 0.125 e. The van der Waals surface area contributed by atoms with Gasteiger partial charge in [0.2, 0.25) is 0 Å². The van der Waals surface area contributed by atoms with E-state index in [-0.39, 0.29) is 5.75 Å². The quantitative estimate of drug-likeness (QED) is 0.569. The minimum Gasteiger partial charge on any atom is -0.507 e. The monoisotopic (exact) mass is 345 g/mol. The fourth-order valence-corrected chi connectivity index (χ4v) is 3.09. The van der Waals surface area contributed by atoms with E-state index in [1.165, 1.54) is 11.8 Å². The molecule has 2 heterocycles. The second-order valence-electron chi connectivity index (χ2n) is 6.38. The third-order valence-electron chi connectivity index (χ3n) is 4.56. The molecule has 0 aliphatic heterocycles. The fraction of sp³-hybridized carbons (Fsp3) is 0.143. The Morgan fingerprint density at radius 2 is 1.88 bits per heavy atom. The van der Waals surface area contributed by atoms with Gasteiger partial charge in [0, 0.05) is 30.1 Å². The minimum atomic E-state index is 0.189. The number of rotatable bonds is 5. The summed E-state index contributed by atoms with van der Waals surface area (Å²) in [6.45, 7) is 2.18. The lowest BCUT2D eigenvalue weighted by Crippen LogP contribution is -2.05. The van der Waals surface area contributed by atoms with Crippen LogP contribution in [0.2, 0.25) is 0 Å². The van der Waals surface area contributed by atoms with Crippen LogP contribution in [0.4, 0.5) is 0 Å². The average molecular weight is 345 g/mol. The largest absolute Gasteiger partial charge is 0.507 e. The van der Waals surface area contributed by atoms with Gasteiger partial charge in [-0.3, -0.25) is 0 Å². The molecule has 4 aromatic rings. The molecular formula is C21H19N3O2. The Morgan fingerprint density at radius 3 is 2.54 bits per heavy atom. The molecule has 0 saturated carbocycles. The fourth-order valence-electron chi connectivity index (χ4n) is 3.09. The molecule has 0 spiro atoms. The molecular weight excluding hydrogens is 326 g/mol. The highest BCUT2D eigenvalue weighted by molar-refractivity contribution is 5.74. The van der Waals surface area contributed by atoms with E-state index in [1.54, 1.807) is 18.3 Å². The number of phenolic OH excluding ortho intramolecular Hbond substituents is 1. The van der Waals surface area contributed by atoms with E-state index in [2.05, 4.69) is 45.9 Å². The van der Waals surface area contributed by atoms with E-state index in [0.29, 0.717) is 17.3 Å². The Balaban J connectivity index is 1.52. The Bertz CT molecular complexity index is 975. The maximum Gasteiger partial charge on any atom is 0.125 e. The maximum atomic E-state index is 10.3. The lowest BCUT2D eigenvalue weighted by Gasteiger charge is -2.13. The van der Waals surface area contributed by atoms with Gasteiger partial charge in [-0.1, -0.05) is 35.5 Å². The Labute approximate surface area is 151 Å². The van der Waals surface area contributed by atoms with E-state index in [4.69, 9.17) is 4.52 Å². The summed E-state index contributed by atoms with van der Waals surface area (Å²) in [7, 11) is 0. The van der Waals surface area contributed by atoms with Crippen molar-refractivity contribution in [3.8, 4) is 28.1 Å². The molecule has 130 valence electrons. The molecule has 1 atom stereocenters. The summed E-state index contributed by atoms with van der Waals surface area (Å²) >= 11 is 0. The predicted molar refractivity (Wildman–Crippen MR) is 99.7 cm³/mol. The van der Waals surface area contributed by atoms with Gasteiger partial charge >= 0.3 is 0 Å². The summed E-state index contributed by atoms with van der Waals surface area (Å²) in [6.07, 6.45) is 8.06. The minimum absolute atomic E-state index is 0.189. The summed E-state index contributed by atoms with van der Waals surface area (Å²) in [5.74, 6) is 0.189. The molecule has 1 N–H and O–H groups in total. The predicted octanol–water partition coefficient (Wildman–Crippen LogP) is 4.71. The first-order valence-electron chi connectivity index (χ1n) is 8.51. The molecule has 26 heavy (non-hydrogen) atoms. The zero-order valence-corrected chi connectivity index (χ0v) is 14.4. The van der Waals surface area contributed by atoms with Crippen LogP contribution in [0.15, 0.2) is 78.0 Å². The number of aromatic hydroxyl groups is 1. The van der Waals surface area contributed by atoms with E-state index in [0.717, 1.165) is 17.5 Å². The van der Waals surface area contributed by atoms with Gasteiger partial charge in [-0.2, -0.15) is 0 Å². The third-order valence-corrected chi connectivity index (χ3v) is 4.56. The summed E-state index contributed by atoms with van der Waals surface area (Å²) in [5, 5.41) is 14.2. The van der Waals surface area contributed by atoms with Crippen molar-refractivity contribution >= 4 is 0 Å². The van der Waals surface area contributed by atoms with Gasteiger partial charge in [0.05, 0.1) is 6.33 Å². The van der Waals surface area contributed by atoms with Crippen LogP contribution < -0.4 is 0 Å². The lowest BCUT2D eigenvalue weighted by atomic mass is 9.99. The first kappa shape index (κ1) is 16.1. The second kappa shape index (κ2) is 6.88. The van der Waals surface area contributed by atoms with Crippen LogP contribution in [0.3, 0.4) is 0 Å². The van der Waals surface area contributed by atoms with Crippen molar-refractivity contribution in [1.82, 2.24) is 14.7 Å². The molecule has 4 rings (SSSR count). The first-order chi connectivity index (χ1) is 12.7. The van der Waals surface area contributed by atoms with Crippen LogP contribution in [-0.2, 0) is 6.42 Å². The number of hydrogen-bond donors (Lipinski definition) is 1. The number of phenols is 1. The Kier molecular flexibility index (Phi) is 4.27. The SMILES string of the molecule is CC(Cc1ccc(-c2ccc(-c3ccon3)c(O)c2)cc1)n1ccnc1. The van der Waals surface area contributed by atoms with Crippen molar-refractivity contribution in [2.75, 3.05) is 0 Å². The van der Waals surface area contributed by atoms with Crippen molar-refractivity contribution in [3.63, 3.8) is 0 Å². The summed E-state index contributed by atoms with van der Waals surface area (Å²) in [4.78, 5) is 4.10. The van der Waals surface area contributed by atoms with E-state index < -0.39 is 0 Å². The molecule has 0 aliphatic rings. The summed E-state index contributed by atoms with van der Waals surface area (Å²) in [6, 6.07) is 16.1. The van der Waals surface area contributed by atoms with Crippen molar-refractivity contribution in [2.24, 2.45) is 0 Å². The van der Waals surface area contributed by atoms with Crippen molar-refractivity contribution in [3.05, 3.63) is 79.1 Å². The highest BCUT2D eigenvalue weighted by Gasteiger charge is 2.10. The number of benzene rings is 2. The normalized spacial score (nSPS) is 12.2. The molecule has 0 aliphatic carbocycles. The number of hydrogen-bond acceptors (Lipinski definition) is 4. The highest BCUT2D eigenvalue weighted by Crippen LogP contribution is 2.32. The third kappa shape index (κ3) is 3.24. The zero-order valence-electron chi connectivity index (χ0n) is 14.4. The average Bonchev–Trinajstić information content (AvgIpc) is 3.36. The zero-order chi connectivity index (χ0) is 17.9. The number of aromatic nitrogens is 3. The van der Waals surface area contributed by atoms with Crippen molar-refractivity contribution in [1.29, 1.82) is 0 Å². The first-order valence-corrected chi connectivity index (χ1v) is 8.51. The van der Waals surface area contributed by atoms with Gasteiger partial charge in [-0.15, -0.1) is 0 Å². The molecule has 0 fully saturated rings. The van der Waals surface area contributed by atoms with Crippen molar-refractivity contribution in [2.45, 2.75) is 19.4 Å². The van der Waals surface area contributed by atoms with Crippen LogP contribution in [0, 0.1) is 0 Å². The molecule has 2 aromatic carbocycles. The topological polar surface area (TPSA) is 64.1 Å². The van der Waals surface area contributed by atoms with E-state index >= 15 is 0 Å². The van der Waals surface area contributed by atoms with Crippen LogP contribution >= 0.6 is 0 Å². The van der Waals surface area contributed by atoms with Crippen molar-refractivity contribution < 1.29 is 9.63 Å². The summed E-state index contributed by atoms with van der Waals surface area (Å²) < 4.78 is 6.95. The van der Waals surface area contributed by atoms with Gasteiger partial charge in [-0.25, -0.2) is 4.98 Å². The number of imidazole rings is 1. The maximum absolute atomic E-state index is 10.3. The van der Waals surface area contributed by atoms with Gasteiger partial charge in [0.15, 0.2) is 0 Å². The van der Waals surface area contributed by atoms with Gasteiger partial charge in [0.25, 0.3) is 0 Å². The lowest BCUT2D eigenvalue weighted by molar-refractivity contribution is 0.421. The molecule has 1 unspecified atom stereocenters. The van der Waals surface area contributed by atoms with Gasteiger partial charge in [-0.05, 0) is 42.2 Å². The molecule has 0 bridgehead atoms. The van der Waals surface area contributed by atoms with E-state index in [9.17, 15) is 5.11 Å². The molecule has 0 saturated heterocycles. The van der Waals surface area contributed by atoms with E-state index in [1.807, 2.05) is 24.7 Å². The highest BCUT2D eigenvalue weighted by atomic mass is 16.5. The molecule has 5 nitrogen and oxygen atoms in total. The Morgan fingerprint density at radius 1 is 1.08 bits per heavy atom. The standard InChI is InChI=1S/C21H19N3O2/c1-15(24-10-9-22-14-24)12-16-2-4-17(5-3-16)18-6-7-19(21(25)13-18)20-8-11-26-23-20/h2-11,13-15,25H,12H2,1H3. The molecule has 0 amide bonds. The van der Waals surface area contributed by atoms with Crippen LogP contribution in [0.5, 0.6) is 5.75 Å². The van der Waals surface area contributed by atoms with Crippen LogP contribution in [0.25, 0.3) is 22.4 Å². The Hall–Kier alpha value is -3.34. The molecule has 0 radical (unpaired) electrons. The summed E-state index contributed by atoms with van der Waals surface area (Å²) in [5.41, 5.74) is 4.57. The second-order valence-corrected chi connectivity index (χ2v) is 6.38. The van der Waals surface area contributed by atoms with Gasteiger partial charge in [0.1, 0.15) is 17.7 Å².